The van der Waals surface area contributed by atoms with Gasteiger partial charge in [0.15, 0.2) is 0 Å². The number of halogens is 2. The SMILES string of the molecule is Cc1cc(I)c(I)cc1C. The van der Waals surface area contributed by atoms with Crippen LogP contribution in [-0.2, 0) is 0 Å². The molecule has 1 aromatic rings. The molecule has 0 atom stereocenters. The van der Waals surface area contributed by atoms with Gasteiger partial charge < -0.3 is 0 Å². The summed E-state index contributed by atoms with van der Waals surface area (Å²) >= 11 is 4.72. The first-order valence-corrected chi connectivity index (χ1v) is 5.19. The minimum absolute atomic E-state index is 1.35. The quantitative estimate of drug-likeness (QED) is 0.623. The maximum absolute atomic E-state index is 2.36. The molecule has 0 saturated carbocycles. The molecule has 0 nitrogen and oxygen atoms in total. The molecule has 0 fully saturated rings. The molecule has 10 heavy (non-hydrogen) atoms. The number of hydrogen-bond donors (Lipinski definition) is 0. The van der Waals surface area contributed by atoms with Crippen LogP contribution in [0.4, 0.5) is 0 Å². The Kier molecular flexibility index (Phi) is 2.97. The van der Waals surface area contributed by atoms with E-state index in [2.05, 4.69) is 71.2 Å². The van der Waals surface area contributed by atoms with Gasteiger partial charge in [0.2, 0.25) is 0 Å². The van der Waals surface area contributed by atoms with Crippen LogP contribution in [0.3, 0.4) is 0 Å². The Morgan fingerprint density at radius 3 is 1.50 bits per heavy atom. The van der Waals surface area contributed by atoms with Crippen LogP contribution in [0.5, 0.6) is 0 Å². The number of benzene rings is 1. The second-order valence-corrected chi connectivity index (χ2v) is 4.67. The van der Waals surface area contributed by atoms with Crippen molar-refractivity contribution < 1.29 is 0 Å². The first kappa shape index (κ1) is 8.77. The largest absolute Gasteiger partial charge is 0.0471 e. The molecule has 0 bridgehead atoms. The fourth-order valence-corrected chi connectivity index (χ4v) is 1.99. The van der Waals surface area contributed by atoms with Crippen molar-refractivity contribution in [3.8, 4) is 0 Å². The van der Waals surface area contributed by atoms with E-state index in [0.29, 0.717) is 0 Å². The Hall–Kier alpha value is 0.680. The van der Waals surface area contributed by atoms with Crippen molar-refractivity contribution in [3.63, 3.8) is 0 Å². The highest BCUT2D eigenvalue weighted by atomic mass is 127. The second-order valence-electron chi connectivity index (χ2n) is 2.35. The van der Waals surface area contributed by atoms with Gasteiger partial charge in [-0.3, -0.25) is 0 Å². The van der Waals surface area contributed by atoms with Gasteiger partial charge in [0, 0.05) is 7.14 Å². The van der Waals surface area contributed by atoms with Gasteiger partial charge in [0.25, 0.3) is 0 Å². The maximum Gasteiger partial charge on any atom is 0.0266 e. The number of hydrogen-bond acceptors (Lipinski definition) is 0. The molecule has 0 radical (unpaired) electrons. The van der Waals surface area contributed by atoms with Crippen molar-refractivity contribution in [2.24, 2.45) is 0 Å². The summed E-state index contributed by atoms with van der Waals surface area (Å²) in [4.78, 5) is 0. The van der Waals surface area contributed by atoms with E-state index in [0.717, 1.165) is 0 Å². The Morgan fingerprint density at radius 2 is 1.20 bits per heavy atom. The van der Waals surface area contributed by atoms with Gasteiger partial charge in [-0.05, 0) is 82.3 Å². The molecule has 0 aliphatic carbocycles. The topological polar surface area (TPSA) is 0 Å². The molecule has 0 saturated heterocycles. The summed E-state index contributed by atoms with van der Waals surface area (Å²) in [5.74, 6) is 0. The van der Waals surface area contributed by atoms with E-state index in [-0.39, 0.29) is 0 Å². The molecule has 0 aliphatic heterocycles. The lowest BCUT2D eigenvalue weighted by Gasteiger charge is -2.01. The first-order chi connectivity index (χ1) is 4.61. The van der Waals surface area contributed by atoms with Crippen molar-refractivity contribution >= 4 is 45.2 Å². The Morgan fingerprint density at radius 1 is 0.900 bits per heavy atom. The average molecular weight is 358 g/mol. The number of aryl methyl sites for hydroxylation is 2. The van der Waals surface area contributed by atoms with Gasteiger partial charge >= 0.3 is 0 Å². The van der Waals surface area contributed by atoms with Crippen molar-refractivity contribution in [3.05, 3.63) is 30.4 Å². The van der Waals surface area contributed by atoms with Gasteiger partial charge in [-0.2, -0.15) is 0 Å². The fraction of sp³-hybridized carbons (Fsp3) is 0.250. The molecule has 54 valence electrons. The molecule has 0 unspecified atom stereocenters. The Bertz CT molecular complexity index is 203. The van der Waals surface area contributed by atoms with Gasteiger partial charge in [0.1, 0.15) is 0 Å². The lowest BCUT2D eigenvalue weighted by atomic mass is 10.1. The van der Waals surface area contributed by atoms with Gasteiger partial charge in [-0.1, -0.05) is 0 Å². The van der Waals surface area contributed by atoms with Crippen molar-refractivity contribution in [2.75, 3.05) is 0 Å². The lowest BCUT2D eigenvalue weighted by Crippen LogP contribution is -1.85. The van der Waals surface area contributed by atoms with Crippen molar-refractivity contribution in [1.82, 2.24) is 0 Å². The zero-order chi connectivity index (χ0) is 7.72. The lowest BCUT2D eigenvalue weighted by molar-refractivity contribution is 1.31. The summed E-state index contributed by atoms with van der Waals surface area (Å²) in [6.45, 7) is 4.29. The van der Waals surface area contributed by atoms with Crippen molar-refractivity contribution in [1.29, 1.82) is 0 Å². The second kappa shape index (κ2) is 3.38. The monoisotopic (exact) mass is 358 g/mol. The Labute approximate surface area is 88.7 Å². The van der Waals surface area contributed by atoms with Crippen LogP contribution < -0.4 is 0 Å². The van der Waals surface area contributed by atoms with Gasteiger partial charge in [-0.25, -0.2) is 0 Å². The average Bonchev–Trinajstić information content (AvgIpc) is 1.84. The summed E-state index contributed by atoms with van der Waals surface area (Å²) in [7, 11) is 0. The highest BCUT2D eigenvalue weighted by molar-refractivity contribution is 14.1. The molecule has 0 spiro atoms. The van der Waals surface area contributed by atoms with Crippen LogP contribution in [0.25, 0.3) is 0 Å². The molecule has 1 rings (SSSR count). The van der Waals surface area contributed by atoms with E-state index in [9.17, 15) is 0 Å². The molecule has 1 aromatic carbocycles. The molecule has 0 heterocycles. The molecule has 0 amide bonds. The Balaban J connectivity index is 3.28. The van der Waals surface area contributed by atoms with E-state index in [1.807, 2.05) is 0 Å². The van der Waals surface area contributed by atoms with E-state index in [4.69, 9.17) is 0 Å². The summed E-state index contributed by atoms with van der Waals surface area (Å²) in [6, 6.07) is 4.44. The van der Waals surface area contributed by atoms with Crippen LogP contribution in [0, 0.1) is 21.0 Å². The first-order valence-electron chi connectivity index (χ1n) is 3.03. The third-order valence-corrected chi connectivity index (χ3v) is 4.35. The normalized spacial score (nSPS) is 10.0. The zero-order valence-electron chi connectivity index (χ0n) is 5.91. The summed E-state index contributed by atoms with van der Waals surface area (Å²) < 4.78 is 2.70. The van der Waals surface area contributed by atoms with Crippen LogP contribution in [-0.4, -0.2) is 0 Å². The van der Waals surface area contributed by atoms with E-state index in [1.54, 1.807) is 0 Å². The molecule has 0 aliphatic rings. The molecular formula is C8H8I2. The summed E-state index contributed by atoms with van der Waals surface area (Å²) in [5.41, 5.74) is 2.76. The predicted octanol–water partition coefficient (Wildman–Crippen LogP) is 3.51. The smallest absolute Gasteiger partial charge is 0.0266 e. The van der Waals surface area contributed by atoms with Crippen LogP contribution in [0.1, 0.15) is 11.1 Å². The molecular weight excluding hydrogens is 350 g/mol. The summed E-state index contributed by atoms with van der Waals surface area (Å²) in [6.07, 6.45) is 0. The van der Waals surface area contributed by atoms with Gasteiger partial charge in [0.05, 0.1) is 0 Å². The maximum atomic E-state index is 2.36. The predicted molar refractivity (Wildman–Crippen MR) is 61.4 cm³/mol. The fourth-order valence-electron chi connectivity index (χ4n) is 0.746. The highest BCUT2D eigenvalue weighted by Gasteiger charge is 1.97. The minimum Gasteiger partial charge on any atom is -0.0471 e. The standard InChI is InChI=1S/C8H8I2/c1-5-3-7(9)8(10)4-6(5)2/h3-4H,1-2H3. The van der Waals surface area contributed by atoms with Crippen LogP contribution >= 0.6 is 45.2 Å². The van der Waals surface area contributed by atoms with E-state index < -0.39 is 0 Å². The number of rotatable bonds is 0. The molecule has 2 heteroatoms. The third-order valence-electron chi connectivity index (χ3n) is 1.54. The minimum atomic E-state index is 1.35. The van der Waals surface area contributed by atoms with Crippen LogP contribution in [0.15, 0.2) is 12.1 Å². The van der Waals surface area contributed by atoms with Crippen LogP contribution in [0.2, 0.25) is 0 Å². The van der Waals surface area contributed by atoms with E-state index >= 15 is 0 Å². The molecule has 0 aromatic heterocycles. The zero-order valence-corrected chi connectivity index (χ0v) is 10.2. The highest BCUT2D eigenvalue weighted by Crippen LogP contribution is 2.19. The molecule has 0 N–H and O–H groups in total. The van der Waals surface area contributed by atoms with Gasteiger partial charge in [-0.15, -0.1) is 0 Å². The summed E-state index contributed by atoms with van der Waals surface area (Å²) in [5, 5.41) is 0. The van der Waals surface area contributed by atoms with E-state index in [1.165, 1.54) is 18.3 Å². The van der Waals surface area contributed by atoms with Crippen molar-refractivity contribution in [2.45, 2.75) is 13.8 Å². The third kappa shape index (κ3) is 1.84.